The lowest BCUT2D eigenvalue weighted by Gasteiger charge is -2.27. The molecule has 0 radical (unpaired) electrons. The fourth-order valence-electron chi connectivity index (χ4n) is 3.77. The first-order valence-electron chi connectivity index (χ1n) is 9.32. The van der Waals surface area contributed by atoms with Gasteiger partial charge in [-0.15, -0.1) is 0 Å². The predicted octanol–water partition coefficient (Wildman–Crippen LogP) is 4.52. The van der Waals surface area contributed by atoms with Gasteiger partial charge in [-0.25, -0.2) is 0 Å². The molecule has 1 fully saturated rings. The highest BCUT2D eigenvalue weighted by atomic mass is 16.1. The molecule has 3 nitrogen and oxygen atoms in total. The minimum Gasteiger partial charge on any atom is -0.347 e. The lowest BCUT2D eigenvalue weighted by molar-refractivity contribution is -0.117. The third-order valence-corrected chi connectivity index (χ3v) is 5.15. The summed E-state index contributed by atoms with van der Waals surface area (Å²) >= 11 is 0. The van der Waals surface area contributed by atoms with E-state index in [2.05, 4.69) is 77.2 Å². The van der Waals surface area contributed by atoms with Crippen molar-refractivity contribution in [2.75, 3.05) is 13.1 Å². The number of piperidine rings is 1. The van der Waals surface area contributed by atoms with Gasteiger partial charge in [0, 0.05) is 60.8 Å². The van der Waals surface area contributed by atoms with Crippen molar-refractivity contribution in [3.63, 3.8) is 0 Å². The Hall–Kier alpha value is -2.65. The van der Waals surface area contributed by atoms with Crippen LogP contribution in [0.2, 0.25) is 0 Å². The summed E-state index contributed by atoms with van der Waals surface area (Å²) < 4.78 is 2.25. The van der Waals surface area contributed by atoms with Gasteiger partial charge >= 0.3 is 0 Å². The molecule has 1 aromatic heterocycles. The summed E-state index contributed by atoms with van der Waals surface area (Å²) in [6.45, 7) is 5.53. The Morgan fingerprint density at radius 1 is 1.04 bits per heavy atom. The van der Waals surface area contributed by atoms with Crippen molar-refractivity contribution in [3.8, 4) is 0 Å². The van der Waals surface area contributed by atoms with Gasteiger partial charge in [0.25, 0.3) is 0 Å². The van der Waals surface area contributed by atoms with Crippen LogP contribution in [-0.2, 0) is 17.9 Å². The van der Waals surface area contributed by atoms with Gasteiger partial charge in [0.05, 0.1) is 0 Å². The number of hydrogen-bond donors (Lipinski definition) is 0. The molecule has 2 aromatic carbocycles. The van der Waals surface area contributed by atoms with Crippen LogP contribution in [0.3, 0.4) is 0 Å². The Kier molecular flexibility index (Phi) is 4.72. The summed E-state index contributed by atoms with van der Waals surface area (Å²) in [7, 11) is 0. The molecule has 0 spiro atoms. The smallest absolute Gasteiger partial charge is 0.161 e. The first-order chi connectivity index (χ1) is 12.7. The van der Waals surface area contributed by atoms with Gasteiger partial charge in [-0.1, -0.05) is 48.5 Å². The number of para-hydroxylation sites is 1. The number of hydrogen-bond acceptors (Lipinski definition) is 2. The van der Waals surface area contributed by atoms with E-state index in [1.807, 2.05) is 6.07 Å². The Labute approximate surface area is 154 Å². The van der Waals surface area contributed by atoms with Gasteiger partial charge in [-0.3, -0.25) is 9.69 Å². The van der Waals surface area contributed by atoms with Crippen molar-refractivity contribution >= 4 is 22.8 Å². The van der Waals surface area contributed by atoms with Gasteiger partial charge < -0.3 is 4.57 Å². The van der Waals surface area contributed by atoms with E-state index in [4.69, 9.17) is 0 Å². The van der Waals surface area contributed by atoms with E-state index in [1.165, 1.54) is 16.5 Å². The molecule has 132 valence electrons. The number of Topliss-reactive ketones (excluding diaryl/α,β-unsaturated/α-hetero) is 1. The number of fused-ring (bicyclic) bond motifs is 1. The quantitative estimate of drug-likeness (QED) is 0.650. The Bertz CT molecular complexity index is 953. The molecular formula is C23H24N2O. The highest BCUT2D eigenvalue weighted by Gasteiger charge is 2.22. The number of benzene rings is 2. The molecule has 0 atom stereocenters. The Morgan fingerprint density at radius 3 is 2.62 bits per heavy atom. The zero-order chi connectivity index (χ0) is 17.9. The molecule has 26 heavy (non-hydrogen) atoms. The number of carbonyl (C=O) groups is 1. The van der Waals surface area contributed by atoms with Crippen molar-refractivity contribution < 1.29 is 4.79 Å². The van der Waals surface area contributed by atoms with E-state index in [0.29, 0.717) is 6.42 Å². The summed E-state index contributed by atoms with van der Waals surface area (Å²) in [5.41, 5.74) is 4.59. The number of aryl methyl sites for hydroxylation is 1. The second-order valence-electron chi connectivity index (χ2n) is 6.93. The third-order valence-electron chi connectivity index (χ3n) is 5.15. The van der Waals surface area contributed by atoms with Crippen LogP contribution in [0.15, 0.2) is 66.4 Å². The highest BCUT2D eigenvalue weighted by Crippen LogP contribution is 2.25. The molecule has 3 aromatic rings. The van der Waals surface area contributed by atoms with Crippen LogP contribution in [0, 0.1) is 0 Å². The van der Waals surface area contributed by atoms with Crippen LogP contribution in [0.4, 0.5) is 0 Å². The average molecular weight is 344 g/mol. The topological polar surface area (TPSA) is 25.2 Å². The fraction of sp³-hybridized carbons (Fsp3) is 0.261. The average Bonchev–Trinajstić information content (AvgIpc) is 3.03. The van der Waals surface area contributed by atoms with E-state index in [1.54, 1.807) is 0 Å². The van der Waals surface area contributed by atoms with Crippen molar-refractivity contribution in [1.82, 2.24) is 9.47 Å². The molecule has 0 aliphatic carbocycles. The summed E-state index contributed by atoms with van der Waals surface area (Å²) in [4.78, 5) is 14.9. The standard InChI is InChI=1S/C23H24N2O/c1-2-25-17-19(21-10-6-7-11-22(21)25)14-20-16-24(13-12-23(20)26)15-18-8-4-3-5-9-18/h3-11,14,17H,2,12-13,15-16H2,1H3/b20-14+. The molecule has 3 heteroatoms. The van der Waals surface area contributed by atoms with E-state index in [0.717, 1.165) is 37.3 Å². The maximum absolute atomic E-state index is 12.5. The number of rotatable bonds is 4. The second-order valence-corrected chi connectivity index (χ2v) is 6.93. The molecule has 4 rings (SSSR count). The Balaban J connectivity index is 1.62. The van der Waals surface area contributed by atoms with Crippen LogP contribution in [0.25, 0.3) is 17.0 Å². The van der Waals surface area contributed by atoms with Gasteiger partial charge in [0.1, 0.15) is 0 Å². The summed E-state index contributed by atoms with van der Waals surface area (Å²) in [6, 6.07) is 18.9. The largest absolute Gasteiger partial charge is 0.347 e. The number of likely N-dealkylation sites (tertiary alicyclic amines) is 1. The maximum atomic E-state index is 12.5. The van der Waals surface area contributed by atoms with Crippen molar-refractivity contribution in [2.45, 2.75) is 26.4 Å². The molecule has 1 saturated heterocycles. The molecule has 0 bridgehead atoms. The van der Waals surface area contributed by atoms with Crippen molar-refractivity contribution in [3.05, 3.63) is 77.5 Å². The number of ketones is 1. The molecule has 0 N–H and O–H groups in total. The number of carbonyl (C=O) groups excluding carboxylic acids is 1. The molecule has 2 heterocycles. The highest BCUT2D eigenvalue weighted by molar-refractivity contribution is 6.03. The summed E-state index contributed by atoms with van der Waals surface area (Å²) in [5, 5.41) is 1.22. The second kappa shape index (κ2) is 7.30. The van der Waals surface area contributed by atoms with Gasteiger partial charge in [-0.2, -0.15) is 0 Å². The number of nitrogens with zero attached hydrogens (tertiary/aromatic N) is 2. The normalized spacial score (nSPS) is 17.3. The van der Waals surface area contributed by atoms with E-state index in [9.17, 15) is 4.79 Å². The first kappa shape index (κ1) is 16.8. The van der Waals surface area contributed by atoms with Crippen molar-refractivity contribution in [2.24, 2.45) is 0 Å². The molecule has 0 saturated carbocycles. The third kappa shape index (κ3) is 3.35. The van der Waals surface area contributed by atoms with E-state index < -0.39 is 0 Å². The molecule has 0 amide bonds. The van der Waals surface area contributed by atoms with Gasteiger partial charge in [-0.05, 0) is 24.6 Å². The van der Waals surface area contributed by atoms with Crippen LogP contribution in [0.1, 0.15) is 24.5 Å². The molecule has 1 aliphatic heterocycles. The molecular weight excluding hydrogens is 320 g/mol. The fourth-order valence-corrected chi connectivity index (χ4v) is 3.77. The lowest BCUT2D eigenvalue weighted by Crippen LogP contribution is -2.35. The Morgan fingerprint density at radius 2 is 1.81 bits per heavy atom. The number of aromatic nitrogens is 1. The first-order valence-corrected chi connectivity index (χ1v) is 9.32. The zero-order valence-corrected chi connectivity index (χ0v) is 15.2. The monoisotopic (exact) mass is 344 g/mol. The van der Waals surface area contributed by atoms with Gasteiger partial charge in [0.2, 0.25) is 0 Å². The molecule has 0 unspecified atom stereocenters. The molecule has 1 aliphatic rings. The SMILES string of the molecule is CCn1cc(/C=C2\CN(Cc3ccccc3)CCC2=O)c2ccccc21. The van der Waals surface area contributed by atoms with Crippen LogP contribution < -0.4 is 0 Å². The predicted molar refractivity (Wildman–Crippen MR) is 107 cm³/mol. The maximum Gasteiger partial charge on any atom is 0.161 e. The minimum atomic E-state index is 0.280. The zero-order valence-electron chi connectivity index (χ0n) is 15.2. The van der Waals surface area contributed by atoms with E-state index in [-0.39, 0.29) is 5.78 Å². The van der Waals surface area contributed by atoms with Crippen LogP contribution in [-0.4, -0.2) is 28.3 Å². The van der Waals surface area contributed by atoms with Crippen LogP contribution in [0.5, 0.6) is 0 Å². The van der Waals surface area contributed by atoms with Crippen LogP contribution >= 0.6 is 0 Å². The van der Waals surface area contributed by atoms with Crippen molar-refractivity contribution in [1.29, 1.82) is 0 Å². The minimum absolute atomic E-state index is 0.280. The van der Waals surface area contributed by atoms with E-state index >= 15 is 0 Å². The summed E-state index contributed by atoms with van der Waals surface area (Å²) in [5.74, 6) is 0.280. The lowest BCUT2D eigenvalue weighted by atomic mass is 9.99. The summed E-state index contributed by atoms with van der Waals surface area (Å²) in [6.07, 6.45) is 4.88. The van der Waals surface area contributed by atoms with Gasteiger partial charge in [0.15, 0.2) is 5.78 Å².